The first kappa shape index (κ1) is 19.2. The van der Waals surface area contributed by atoms with Crippen LogP contribution in [-0.2, 0) is 16.6 Å². The third-order valence-corrected chi connectivity index (χ3v) is 5.57. The molecule has 0 radical (unpaired) electrons. The maximum Gasteiger partial charge on any atom is 0.227 e. The van der Waals surface area contributed by atoms with Crippen LogP contribution in [0.25, 0.3) is 11.5 Å². The van der Waals surface area contributed by atoms with Crippen molar-refractivity contribution in [1.82, 2.24) is 20.4 Å². The predicted octanol–water partition coefficient (Wildman–Crippen LogP) is 3.83. The Labute approximate surface area is 168 Å². The lowest BCUT2D eigenvalue weighted by Gasteiger charge is -2.30. The second kappa shape index (κ2) is 8.51. The van der Waals surface area contributed by atoms with Gasteiger partial charge in [-0.05, 0) is 42.7 Å². The molecule has 29 heavy (non-hydrogen) atoms. The number of nitrogens with zero attached hydrogens (tertiary/aromatic N) is 3. The average Bonchev–Trinajstić information content (AvgIpc) is 3.42. The van der Waals surface area contributed by atoms with E-state index in [2.05, 4.69) is 20.4 Å². The van der Waals surface area contributed by atoms with E-state index >= 15 is 0 Å². The Hall–Kier alpha value is -3.09. The molecular weight excluding hydrogens is 371 g/mol. The van der Waals surface area contributed by atoms with Crippen LogP contribution in [0.15, 0.2) is 53.2 Å². The van der Waals surface area contributed by atoms with Crippen LogP contribution in [0.2, 0.25) is 0 Å². The molecule has 6 nitrogen and oxygen atoms in total. The number of hydrogen-bond acceptors (Lipinski definition) is 5. The van der Waals surface area contributed by atoms with Crippen molar-refractivity contribution in [3.8, 4) is 11.5 Å². The maximum absolute atomic E-state index is 13.3. The zero-order valence-corrected chi connectivity index (χ0v) is 16.1. The van der Waals surface area contributed by atoms with Gasteiger partial charge in [0.05, 0.1) is 0 Å². The lowest BCUT2D eigenvalue weighted by Crippen LogP contribution is -2.39. The Balaban J connectivity index is 1.33. The van der Waals surface area contributed by atoms with Gasteiger partial charge in [-0.3, -0.25) is 9.78 Å². The van der Waals surface area contributed by atoms with E-state index in [1.54, 1.807) is 12.3 Å². The molecule has 1 amide bonds. The van der Waals surface area contributed by atoms with Gasteiger partial charge >= 0.3 is 0 Å². The number of nitrogens with one attached hydrogen (secondary N) is 1. The van der Waals surface area contributed by atoms with E-state index in [4.69, 9.17) is 4.52 Å². The lowest BCUT2D eigenvalue weighted by molar-refractivity contribution is -0.121. The van der Waals surface area contributed by atoms with Crippen LogP contribution in [0.5, 0.6) is 0 Å². The first-order valence-electron chi connectivity index (χ1n) is 9.91. The van der Waals surface area contributed by atoms with Gasteiger partial charge in [0.25, 0.3) is 0 Å². The summed E-state index contributed by atoms with van der Waals surface area (Å²) in [6.45, 7) is 0.556. The summed E-state index contributed by atoms with van der Waals surface area (Å²) in [6, 6.07) is 12.1. The number of aromatic nitrogens is 3. The Bertz CT molecular complexity index is 950. The summed E-state index contributed by atoms with van der Waals surface area (Å²) in [5.41, 5.74) is 1.61. The third-order valence-electron chi connectivity index (χ3n) is 5.57. The largest absolute Gasteiger partial charge is 0.355 e. The van der Waals surface area contributed by atoms with Crippen LogP contribution in [0.3, 0.4) is 0 Å². The van der Waals surface area contributed by atoms with Crippen molar-refractivity contribution in [2.24, 2.45) is 0 Å². The molecule has 2 heterocycles. The highest BCUT2D eigenvalue weighted by Crippen LogP contribution is 2.40. The monoisotopic (exact) mass is 394 g/mol. The van der Waals surface area contributed by atoms with Gasteiger partial charge in [0.15, 0.2) is 0 Å². The molecule has 0 unspecified atom stereocenters. The molecule has 0 saturated heterocycles. The molecule has 150 valence electrons. The van der Waals surface area contributed by atoms with Gasteiger partial charge in [-0.2, -0.15) is 4.98 Å². The van der Waals surface area contributed by atoms with Crippen molar-refractivity contribution in [3.63, 3.8) is 0 Å². The maximum atomic E-state index is 13.3. The molecule has 0 aliphatic heterocycles. The average molecular weight is 394 g/mol. The first-order chi connectivity index (χ1) is 14.1. The highest BCUT2D eigenvalue weighted by atomic mass is 19.1. The number of carbonyl (C=O) groups is 1. The van der Waals surface area contributed by atoms with E-state index < -0.39 is 0 Å². The van der Waals surface area contributed by atoms with Gasteiger partial charge in [0.2, 0.25) is 17.6 Å². The second-order valence-corrected chi connectivity index (χ2v) is 7.50. The molecule has 1 N–H and O–H groups in total. The molecule has 1 aliphatic rings. The molecule has 4 rings (SSSR count). The molecule has 0 atom stereocenters. The fourth-order valence-electron chi connectivity index (χ4n) is 3.95. The van der Waals surface area contributed by atoms with Gasteiger partial charge < -0.3 is 9.84 Å². The molecule has 7 heteroatoms. The fraction of sp³-hybridized carbons (Fsp3) is 0.364. The number of hydrogen-bond donors (Lipinski definition) is 1. The second-order valence-electron chi connectivity index (χ2n) is 7.50. The van der Waals surface area contributed by atoms with E-state index in [1.165, 1.54) is 12.1 Å². The van der Waals surface area contributed by atoms with Crippen LogP contribution >= 0.6 is 0 Å². The molecule has 1 saturated carbocycles. The van der Waals surface area contributed by atoms with Crippen molar-refractivity contribution < 1.29 is 13.7 Å². The lowest BCUT2D eigenvalue weighted by atomic mass is 9.79. The van der Waals surface area contributed by atoms with Crippen LogP contribution in [-0.4, -0.2) is 27.6 Å². The van der Waals surface area contributed by atoms with Crippen molar-refractivity contribution in [3.05, 3.63) is 65.9 Å². The summed E-state index contributed by atoms with van der Waals surface area (Å²) in [5, 5.41) is 6.97. The molecule has 1 fully saturated rings. The van der Waals surface area contributed by atoms with Crippen molar-refractivity contribution >= 4 is 5.91 Å². The minimum atomic E-state index is -0.240. The van der Waals surface area contributed by atoms with E-state index in [0.717, 1.165) is 31.2 Å². The number of carbonyl (C=O) groups excluding carboxylic acids is 1. The number of halogens is 1. The molecule has 0 spiro atoms. The SMILES string of the molecule is O=C(CCc1nc(-c2ccccn2)no1)NCC1(c2ccc(F)cc2)CCCC1. The first-order valence-corrected chi connectivity index (χ1v) is 9.91. The summed E-state index contributed by atoms with van der Waals surface area (Å²) in [7, 11) is 0. The zero-order chi connectivity index (χ0) is 20.1. The van der Waals surface area contributed by atoms with Crippen LogP contribution < -0.4 is 5.32 Å². The zero-order valence-electron chi connectivity index (χ0n) is 16.1. The van der Waals surface area contributed by atoms with Gasteiger partial charge in [-0.1, -0.05) is 36.2 Å². The van der Waals surface area contributed by atoms with Gasteiger partial charge in [0, 0.05) is 31.0 Å². The number of rotatable bonds is 7. The van der Waals surface area contributed by atoms with E-state index in [0.29, 0.717) is 30.4 Å². The summed E-state index contributed by atoms with van der Waals surface area (Å²) in [5.74, 6) is 0.531. The minimum absolute atomic E-state index is 0.0593. The van der Waals surface area contributed by atoms with Crippen molar-refractivity contribution in [2.75, 3.05) is 6.54 Å². The quantitative estimate of drug-likeness (QED) is 0.659. The van der Waals surface area contributed by atoms with Gasteiger partial charge in [-0.25, -0.2) is 4.39 Å². The predicted molar refractivity (Wildman–Crippen MR) is 105 cm³/mol. The molecule has 1 aliphatic carbocycles. The van der Waals surface area contributed by atoms with Gasteiger partial charge in [0.1, 0.15) is 11.5 Å². The smallest absolute Gasteiger partial charge is 0.227 e. The molecule has 2 aromatic heterocycles. The fourth-order valence-corrected chi connectivity index (χ4v) is 3.95. The molecule has 0 bridgehead atoms. The Morgan fingerprint density at radius 3 is 2.66 bits per heavy atom. The summed E-state index contributed by atoms with van der Waals surface area (Å²) < 4.78 is 18.5. The number of pyridine rings is 1. The normalized spacial score (nSPS) is 15.3. The van der Waals surface area contributed by atoms with Crippen LogP contribution in [0.4, 0.5) is 4.39 Å². The Morgan fingerprint density at radius 1 is 1.14 bits per heavy atom. The topological polar surface area (TPSA) is 80.9 Å². The molecular formula is C22H23FN4O2. The number of benzene rings is 1. The Kier molecular flexibility index (Phi) is 5.64. The van der Waals surface area contributed by atoms with E-state index in [-0.39, 0.29) is 23.6 Å². The summed E-state index contributed by atoms with van der Waals surface area (Å²) in [4.78, 5) is 20.9. The van der Waals surface area contributed by atoms with Crippen LogP contribution in [0, 0.1) is 5.82 Å². The highest BCUT2D eigenvalue weighted by Gasteiger charge is 2.35. The number of amides is 1. The van der Waals surface area contributed by atoms with E-state index in [9.17, 15) is 9.18 Å². The molecule has 3 aromatic rings. The van der Waals surface area contributed by atoms with Gasteiger partial charge in [-0.15, -0.1) is 0 Å². The summed E-state index contributed by atoms with van der Waals surface area (Å²) in [6.07, 6.45) is 6.53. The third kappa shape index (κ3) is 4.50. The number of aryl methyl sites for hydroxylation is 1. The minimum Gasteiger partial charge on any atom is -0.355 e. The standard InChI is InChI=1S/C22H23FN4O2/c23-17-8-6-16(7-9-17)22(12-2-3-13-22)15-25-19(28)10-11-20-26-21(27-29-20)18-5-1-4-14-24-18/h1,4-9,14H,2-3,10-13,15H2,(H,25,28). The van der Waals surface area contributed by atoms with Crippen molar-refractivity contribution in [1.29, 1.82) is 0 Å². The molecule has 1 aromatic carbocycles. The van der Waals surface area contributed by atoms with Crippen LogP contribution in [0.1, 0.15) is 43.6 Å². The highest BCUT2D eigenvalue weighted by molar-refractivity contribution is 5.76. The van der Waals surface area contributed by atoms with E-state index in [1.807, 2.05) is 24.3 Å². The summed E-state index contributed by atoms with van der Waals surface area (Å²) >= 11 is 0. The Morgan fingerprint density at radius 2 is 1.93 bits per heavy atom. The van der Waals surface area contributed by atoms with Crippen molar-refractivity contribution in [2.45, 2.75) is 43.9 Å².